The van der Waals surface area contributed by atoms with Crippen LogP contribution in [0.4, 0.5) is 14.7 Å². The highest BCUT2D eigenvalue weighted by Gasteiger charge is 2.21. The summed E-state index contributed by atoms with van der Waals surface area (Å²) in [6, 6.07) is 2.32. The minimum atomic E-state index is -0.776. The second-order valence-electron chi connectivity index (χ2n) is 8.06. The largest absolute Gasteiger partial charge is 0.493 e. The smallest absolute Gasteiger partial charge is 0.225 e. The Morgan fingerprint density at radius 3 is 2.41 bits per heavy atom. The predicted molar refractivity (Wildman–Crippen MR) is 115 cm³/mol. The first-order chi connectivity index (χ1) is 15.5. The summed E-state index contributed by atoms with van der Waals surface area (Å²) in [4.78, 5) is 15.0. The van der Waals surface area contributed by atoms with Crippen LogP contribution in [-0.4, -0.2) is 39.8 Å². The summed E-state index contributed by atoms with van der Waals surface area (Å²) >= 11 is 0. The van der Waals surface area contributed by atoms with Gasteiger partial charge in [0.2, 0.25) is 17.7 Å². The standard InChI is InChI=1S/C23H27F2N5O2/c1-3-16-13-26-23(27-14-16)30-8-6-17(7-9-30)5-4-10-31-18-11-19(24)21(20(25)12-18)22-28-15(2)32-29-22/h11-14,17H,3-10H2,1-2H3. The highest BCUT2D eigenvalue weighted by molar-refractivity contribution is 5.58. The molecule has 0 aliphatic carbocycles. The number of piperidine rings is 1. The average Bonchev–Trinajstić information content (AvgIpc) is 3.22. The van der Waals surface area contributed by atoms with Crippen molar-refractivity contribution < 1.29 is 18.0 Å². The van der Waals surface area contributed by atoms with E-state index >= 15 is 0 Å². The van der Waals surface area contributed by atoms with Crippen molar-refractivity contribution in [1.29, 1.82) is 0 Å². The summed E-state index contributed by atoms with van der Waals surface area (Å²) in [5.74, 6) is 0.139. The third-order valence-corrected chi connectivity index (χ3v) is 5.79. The maximum Gasteiger partial charge on any atom is 0.225 e. The van der Waals surface area contributed by atoms with Crippen LogP contribution < -0.4 is 9.64 Å². The minimum Gasteiger partial charge on any atom is -0.493 e. The third-order valence-electron chi connectivity index (χ3n) is 5.79. The Morgan fingerprint density at radius 1 is 1.12 bits per heavy atom. The van der Waals surface area contributed by atoms with E-state index in [1.165, 1.54) is 0 Å². The third kappa shape index (κ3) is 5.20. The van der Waals surface area contributed by atoms with Gasteiger partial charge in [-0.1, -0.05) is 12.1 Å². The van der Waals surface area contributed by atoms with E-state index in [0.29, 0.717) is 12.5 Å². The van der Waals surface area contributed by atoms with Crippen LogP contribution in [0, 0.1) is 24.5 Å². The van der Waals surface area contributed by atoms with E-state index in [1.54, 1.807) is 6.92 Å². The molecule has 4 rings (SSSR count). The molecule has 2 aromatic heterocycles. The molecule has 0 bridgehead atoms. The number of rotatable bonds is 8. The second-order valence-corrected chi connectivity index (χ2v) is 8.06. The molecule has 1 aliphatic heterocycles. The molecule has 170 valence electrons. The molecule has 1 aromatic carbocycles. The van der Waals surface area contributed by atoms with Gasteiger partial charge >= 0.3 is 0 Å². The molecule has 0 amide bonds. The first kappa shape index (κ1) is 22.1. The molecule has 0 N–H and O–H groups in total. The predicted octanol–water partition coefficient (Wildman–Crippen LogP) is 4.75. The molecule has 7 nitrogen and oxygen atoms in total. The zero-order valence-electron chi connectivity index (χ0n) is 18.4. The molecule has 0 unspecified atom stereocenters. The number of ether oxygens (including phenoxy) is 1. The van der Waals surface area contributed by atoms with Gasteiger partial charge in [-0.25, -0.2) is 18.7 Å². The Hall–Kier alpha value is -3.10. The Morgan fingerprint density at radius 2 is 1.81 bits per heavy atom. The number of aryl methyl sites for hydroxylation is 2. The first-order valence-corrected chi connectivity index (χ1v) is 11.0. The molecular weight excluding hydrogens is 416 g/mol. The van der Waals surface area contributed by atoms with Gasteiger partial charge in [-0.05, 0) is 43.6 Å². The lowest BCUT2D eigenvalue weighted by Crippen LogP contribution is -2.35. The zero-order valence-corrected chi connectivity index (χ0v) is 18.4. The number of hydrogen-bond donors (Lipinski definition) is 0. The lowest BCUT2D eigenvalue weighted by atomic mass is 9.92. The van der Waals surface area contributed by atoms with Gasteiger partial charge in [-0.15, -0.1) is 0 Å². The molecule has 9 heteroatoms. The maximum atomic E-state index is 14.4. The Labute approximate surface area is 185 Å². The Kier molecular flexibility index (Phi) is 6.92. The van der Waals surface area contributed by atoms with Gasteiger partial charge in [-0.2, -0.15) is 4.98 Å². The van der Waals surface area contributed by atoms with Crippen molar-refractivity contribution in [2.45, 2.75) is 46.0 Å². The number of nitrogens with zero attached hydrogens (tertiary/aromatic N) is 5. The summed E-state index contributed by atoms with van der Waals surface area (Å²) in [6.45, 7) is 5.92. The van der Waals surface area contributed by atoms with Gasteiger partial charge < -0.3 is 14.2 Å². The zero-order chi connectivity index (χ0) is 22.5. The van der Waals surface area contributed by atoms with Crippen molar-refractivity contribution in [2.75, 3.05) is 24.6 Å². The van der Waals surface area contributed by atoms with E-state index < -0.39 is 11.6 Å². The lowest BCUT2D eigenvalue weighted by Gasteiger charge is -2.32. The monoisotopic (exact) mass is 443 g/mol. The van der Waals surface area contributed by atoms with Gasteiger partial charge in [-0.3, -0.25) is 0 Å². The van der Waals surface area contributed by atoms with E-state index in [0.717, 1.165) is 68.8 Å². The SMILES string of the molecule is CCc1cnc(N2CCC(CCCOc3cc(F)c(-c4noc(C)n4)c(F)c3)CC2)nc1. The quantitative estimate of drug-likeness (QED) is 0.465. The summed E-state index contributed by atoms with van der Waals surface area (Å²) < 4.78 is 39.1. The topological polar surface area (TPSA) is 77.2 Å². The molecular formula is C23H27F2N5O2. The van der Waals surface area contributed by atoms with Crippen molar-refractivity contribution in [3.63, 3.8) is 0 Å². The maximum absolute atomic E-state index is 14.4. The van der Waals surface area contributed by atoms with Crippen molar-refractivity contribution >= 4 is 5.95 Å². The number of halogens is 2. The highest BCUT2D eigenvalue weighted by Crippen LogP contribution is 2.29. The molecule has 32 heavy (non-hydrogen) atoms. The van der Waals surface area contributed by atoms with E-state index in [9.17, 15) is 8.78 Å². The number of benzene rings is 1. The molecule has 0 spiro atoms. The Balaban J connectivity index is 1.22. The fourth-order valence-electron chi connectivity index (χ4n) is 3.93. The average molecular weight is 443 g/mol. The van der Waals surface area contributed by atoms with Crippen LogP contribution in [0.2, 0.25) is 0 Å². The van der Waals surface area contributed by atoms with Gasteiger partial charge in [0.05, 0.1) is 12.2 Å². The van der Waals surface area contributed by atoms with Crippen molar-refractivity contribution in [3.05, 3.63) is 47.6 Å². The second kappa shape index (κ2) is 10.0. The van der Waals surface area contributed by atoms with E-state index in [1.807, 2.05) is 12.4 Å². The van der Waals surface area contributed by atoms with Crippen molar-refractivity contribution in [3.8, 4) is 17.1 Å². The van der Waals surface area contributed by atoms with Crippen LogP contribution in [0.15, 0.2) is 29.0 Å². The van der Waals surface area contributed by atoms with Crippen molar-refractivity contribution in [1.82, 2.24) is 20.1 Å². The first-order valence-electron chi connectivity index (χ1n) is 11.0. The molecule has 3 aromatic rings. The number of hydrogen-bond acceptors (Lipinski definition) is 7. The Bertz CT molecular complexity index is 1010. The highest BCUT2D eigenvalue weighted by atomic mass is 19.1. The summed E-state index contributed by atoms with van der Waals surface area (Å²) in [5.41, 5.74) is 0.831. The normalized spacial score (nSPS) is 14.7. The molecule has 1 fully saturated rings. The van der Waals surface area contributed by atoms with Crippen LogP contribution in [0.1, 0.15) is 44.1 Å². The van der Waals surface area contributed by atoms with Crippen LogP contribution in [0.5, 0.6) is 5.75 Å². The van der Waals surface area contributed by atoms with Gasteiger partial charge in [0.15, 0.2) is 0 Å². The molecule has 1 aliphatic rings. The van der Waals surface area contributed by atoms with Gasteiger partial charge in [0.1, 0.15) is 17.4 Å². The fourth-order valence-corrected chi connectivity index (χ4v) is 3.93. The van der Waals surface area contributed by atoms with Crippen LogP contribution in [-0.2, 0) is 6.42 Å². The van der Waals surface area contributed by atoms with E-state index in [-0.39, 0.29) is 23.0 Å². The lowest BCUT2D eigenvalue weighted by molar-refractivity contribution is 0.277. The number of aromatic nitrogens is 4. The van der Waals surface area contributed by atoms with Crippen LogP contribution in [0.25, 0.3) is 11.4 Å². The van der Waals surface area contributed by atoms with Gasteiger partial charge in [0.25, 0.3) is 0 Å². The molecule has 0 radical (unpaired) electrons. The number of anilines is 1. The van der Waals surface area contributed by atoms with Gasteiger partial charge in [0, 0.05) is 44.5 Å². The molecule has 1 saturated heterocycles. The van der Waals surface area contributed by atoms with E-state index in [2.05, 4.69) is 31.9 Å². The van der Waals surface area contributed by atoms with Crippen LogP contribution in [0.3, 0.4) is 0 Å². The van der Waals surface area contributed by atoms with E-state index in [4.69, 9.17) is 9.26 Å². The molecule has 0 saturated carbocycles. The summed E-state index contributed by atoms with van der Waals surface area (Å²) in [7, 11) is 0. The minimum absolute atomic E-state index is 0.109. The van der Waals surface area contributed by atoms with Crippen molar-refractivity contribution in [2.24, 2.45) is 5.92 Å². The molecule has 0 atom stereocenters. The summed E-state index contributed by atoms with van der Waals surface area (Å²) in [5, 5.41) is 3.58. The van der Waals surface area contributed by atoms with Crippen LogP contribution >= 0.6 is 0 Å². The molecule has 3 heterocycles. The fraction of sp³-hybridized carbons (Fsp3) is 0.478. The summed E-state index contributed by atoms with van der Waals surface area (Å²) in [6.07, 6.45) is 8.70.